The van der Waals surface area contributed by atoms with Gasteiger partial charge in [0.25, 0.3) is 0 Å². The van der Waals surface area contributed by atoms with Crippen LogP contribution in [-0.4, -0.2) is 46.6 Å². The smallest absolute Gasteiger partial charge is 0.329 e. The zero-order chi connectivity index (χ0) is 14.8. The predicted octanol–water partition coefficient (Wildman–Crippen LogP) is 1.48. The second-order valence-electron chi connectivity index (χ2n) is 6.43. The van der Waals surface area contributed by atoms with Gasteiger partial charge in [-0.25, -0.2) is 4.79 Å². The third kappa shape index (κ3) is 3.08. The molecule has 0 bridgehead atoms. The summed E-state index contributed by atoms with van der Waals surface area (Å²) in [7, 11) is 0. The van der Waals surface area contributed by atoms with Gasteiger partial charge in [0.05, 0.1) is 6.04 Å². The standard InChI is InChI=1S/C14H26N2O3/c1-6-16(14(4,5)12(18)19)11(17)10-13(2,3)8-7-9-15-10/h10,15H,6-9H2,1-5H3,(H,18,19). The first-order chi connectivity index (χ1) is 8.64. The van der Waals surface area contributed by atoms with Gasteiger partial charge in [0.1, 0.15) is 5.54 Å². The first kappa shape index (κ1) is 16.0. The van der Waals surface area contributed by atoms with Crippen molar-refractivity contribution in [3.8, 4) is 0 Å². The number of likely N-dealkylation sites (N-methyl/N-ethyl adjacent to an activating group) is 1. The molecular weight excluding hydrogens is 244 g/mol. The van der Waals surface area contributed by atoms with E-state index in [4.69, 9.17) is 0 Å². The van der Waals surface area contributed by atoms with E-state index in [2.05, 4.69) is 19.2 Å². The molecule has 1 heterocycles. The molecule has 1 fully saturated rings. The molecule has 1 unspecified atom stereocenters. The van der Waals surface area contributed by atoms with Crippen LogP contribution in [0, 0.1) is 5.41 Å². The third-order valence-electron chi connectivity index (χ3n) is 4.16. The molecule has 1 saturated heterocycles. The summed E-state index contributed by atoms with van der Waals surface area (Å²) in [6.45, 7) is 10.3. The second kappa shape index (κ2) is 5.49. The van der Waals surface area contributed by atoms with Gasteiger partial charge < -0.3 is 15.3 Å². The van der Waals surface area contributed by atoms with Crippen molar-refractivity contribution in [2.24, 2.45) is 5.41 Å². The molecule has 110 valence electrons. The average Bonchev–Trinajstić information content (AvgIpc) is 2.28. The van der Waals surface area contributed by atoms with Crippen molar-refractivity contribution in [3.63, 3.8) is 0 Å². The average molecular weight is 270 g/mol. The van der Waals surface area contributed by atoms with Gasteiger partial charge in [-0.2, -0.15) is 0 Å². The Bertz CT molecular complexity index is 364. The van der Waals surface area contributed by atoms with E-state index >= 15 is 0 Å². The Morgan fingerprint density at radius 1 is 1.42 bits per heavy atom. The maximum absolute atomic E-state index is 12.7. The van der Waals surface area contributed by atoms with Crippen molar-refractivity contribution in [1.82, 2.24) is 10.2 Å². The molecule has 0 saturated carbocycles. The van der Waals surface area contributed by atoms with Crippen molar-refractivity contribution in [2.75, 3.05) is 13.1 Å². The summed E-state index contributed by atoms with van der Waals surface area (Å²) in [5, 5.41) is 12.6. The minimum atomic E-state index is -1.18. The highest BCUT2D eigenvalue weighted by atomic mass is 16.4. The molecule has 2 N–H and O–H groups in total. The third-order valence-corrected chi connectivity index (χ3v) is 4.16. The minimum absolute atomic E-state index is 0.111. The molecule has 0 spiro atoms. The highest BCUT2D eigenvalue weighted by Crippen LogP contribution is 2.32. The Hall–Kier alpha value is -1.10. The van der Waals surface area contributed by atoms with Gasteiger partial charge >= 0.3 is 5.97 Å². The number of nitrogens with one attached hydrogen (secondary N) is 1. The SMILES string of the molecule is CCN(C(=O)C1NCCCC1(C)C)C(C)(C)C(=O)O. The summed E-state index contributed by atoms with van der Waals surface area (Å²) < 4.78 is 0. The number of hydrogen-bond acceptors (Lipinski definition) is 3. The van der Waals surface area contributed by atoms with Gasteiger partial charge in [0.15, 0.2) is 0 Å². The zero-order valence-corrected chi connectivity index (χ0v) is 12.6. The van der Waals surface area contributed by atoms with Crippen LogP contribution in [0.15, 0.2) is 0 Å². The lowest BCUT2D eigenvalue weighted by Crippen LogP contribution is -2.62. The van der Waals surface area contributed by atoms with Crippen LogP contribution >= 0.6 is 0 Å². The molecule has 19 heavy (non-hydrogen) atoms. The van der Waals surface area contributed by atoms with Crippen LogP contribution in [-0.2, 0) is 9.59 Å². The van der Waals surface area contributed by atoms with E-state index in [-0.39, 0.29) is 17.4 Å². The molecule has 0 aromatic rings. The normalized spacial score (nSPS) is 22.9. The van der Waals surface area contributed by atoms with Gasteiger partial charge in [-0.15, -0.1) is 0 Å². The number of carboxylic acid groups (broad SMARTS) is 1. The number of carboxylic acids is 1. The molecule has 1 atom stereocenters. The lowest BCUT2D eigenvalue weighted by molar-refractivity contribution is -0.159. The monoisotopic (exact) mass is 270 g/mol. The number of carbonyl (C=O) groups excluding carboxylic acids is 1. The van der Waals surface area contributed by atoms with Crippen LogP contribution in [0.2, 0.25) is 0 Å². The van der Waals surface area contributed by atoms with Crippen LogP contribution in [0.25, 0.3) is 0 Å². The Balaban J connectivity index is 2.99. The molecule has 1 rings (SSSR count). The lowest BCUT2D eigenvalue weighted by atomic mass is 9.76. The van der Waals surface area contributed by atoms with Crippen LogP contribution in [0.3, 0.4) is 0 Å². The number of carbonyl (C=O) groups is 2. The summed E-state index contributed by atoms with van der Waals surface area (Å²) in [6, 6.07) is -0.306. The summed E-state index contributed by atoms with van der Waals surface area (Å²) in [6.07, 6.45) is 2.02. The van der Waals surface area contributed by atoms with Crippen molar-refractivity contribution >= 4 is 11.9 Å². The number of piperidine rings is 1. The van der Waals surface area contributed by atoms with Gasteiger partial charge in [-0.1, -0.05) is 13.8 Å². The maximum Gasteiger partial charge on any atom is 0.329 e. The van der Waals surface area contributed by atoms with Crippen molar-refractivity contribution in [2.45, 2.75) is 59.0 Å². The largest absolute Gasteiger partial charge is 0.480 e. The lowest BCUT2D eigenvalue weighted by Gasteiger charge is -2.43. The van der Waals surface area contributed by atoms with E-state index in [9.17, 15) is 14.7 Å². The van der Waals surface area contributed by atoms with E-state index in [0.717, 1.165) is 19.4 Å². The number of nitrogens with zero attached hydrogens (tertiary/aromatic N) is 1. The van der Waals surface area contributed by atoms with E-state index in [1.807, 2.05) is 6.92 Å². The molecule has 5 heteroatoms. The molecule has 1 amide bonds. The van der Waals surface area contributed by atoms with Gasteiger partial charge in [-0.3, -0.25) is 4.79 Å². The van der Waals surface area contributed by atoms with Crippen LogP contribution in [0.5, 0.6) is 0 Å². The minimum Gasteiger partial charge on any atom is -0.480 e. The fourth-order valence-corrected chi connectivity index (χ4v) is 2.73. The van der Waals surface area contributed by atoms with Crippen molar-refractivity contribution in [3.05, 3.63) is 0 Å². The van der Waals surface area contributed by atoms with Crippen LogP contribution < -0.4 is 5.32 Å². The molecular formula is C14H26N2O3. The first-order valence-electron chi connectivity index (χ1n) is 6.93. The van der Waals surface area contributed by atoms with E-state index < -0.39 is 11.5 Å². The van der Waals surface area contributed by atoms with Crippen molar-refractivity contribution in [1.29, 1.82) is 0 Å². The van der Waals surface area contributed by atoms with E-state index in [1.165, 1.54) is 4.90 Å². The first-order valence-corrected chi connectivity index (χ1v) is 6.93. The quantitative estimate of drug-likeness (QED) is 0.812. The second-order valence-corrected chi connectivity index (χ2v) is 6.43. The summed E-state index contributed by atoms with van der Waals surface area (Å²) in [5.74, 6) is -1.09. The molecule has 1 aliphatic rings. The van der Waals surface area contributed by atoms with Gasteiger partial charge in [0.2, 0.25) is 5.91 Å². The molecule has 0 aromatic heterocycles. The molecule has 0 radical (unpaired) electrons. The maximum atomic E-state index is 12.7. The topological polar surface area (TPSA) is 69.6 Å². The molecule has 1 aliphatic heterocycles. The summed E-state index contributed by atoms with van der Waals surface area (Å²) in [4.78, 5) is 25.5. The van der Waals surface area contributed by atoms with E-state index in [0.29, 0.717) is 6.54 Å². The molecule has 0 aliphatic carbocycles. The number of rotatable bonds is 4. The van der Waals surface area contributed by atoms with Crippen LogP contribution in [0.1, 0.15) is 47.5 Å². The van der Waals surface area contributed by atoms with Gasteiger partial charge in [-0.05, 0) is 45.6 Å². The highest BCUT2D eigenvalue weighted by Gasteiger charge is 2.44. The Morgan fingerprint density at radius 2 is 2.00 bits per heavy atom. The Kier molecular flexibility index (Phi) is 4.61. The fraction of sp³-hybridized carbons (Fsp3) is 0.857. The number of aliphatic carboxylic acids is 1. The number of hydrogen-bond donors (Lipinski definition) is 2. The van der Waals surface area contributed by atoms with E-state index in [1.54, 1.807) is 13.8 Å². The molecule has 5 nitrogen and oxygen atoms in total. The Labute approximate surface area is 115 Å². The van der Waals surface area contributed by atoms with Gasteiger partial charge in [0, 0.05) is 6.54 Å². The highest BCUT2D eigenvalue weighted by molar-refractivity contribution is 5.89. The summed E-state index contributed by atoms with van der Waals surface area (Å²) in [5.41, 5.74) is -1.32. The zero-order valence-electron chi connectivity index (χ0n) is 12.6. The van der Waals surface area contributed by atoms with Crippen LogP contribution in [0.4, 0.5) is 0 Å². The Morgan fingerprint density at radius 3 is 2.42 bits per heavy atom. The molecule has 0 aromatic carbocycles. The predicted molar refractivity (Wildman–Crippen MR) is 73.9 cm³/mol. The van der Waals surface area contributed by atoms with Crippen molar-refractivity contribution < 1.29 is 14.7 Å². The summed E-state index contributed by atoms with van der Waals surface area (Å²) >= 11 is 0. The fourth-order valence-electron chi connectivity index (χ4n) is 2.73. The number of amides is 1.